The van der Waals surface area contributed by atoms with Crippen LogP contribution >= 0.6 is 0 Å². The Bertz CT molecular complexity index is 572. The summed E-state index contributed by atoms with van der Waals surface area (Å²) in [6.45, 7) is 15.9. The van der Waals surface area contributed by atoms with Crippen LogP contribution < -0.4 is 0 Å². The summed E-state index contributed by atoms with van der Waals surface area (Å²) < 4.78 is 0. The molecule has 2 aliphatic heterocycles. The van der Waals surface area contributed by atoms with Gasteiger partial charge in [0, 0.05) is 31.2 Å². The molecule has 0 atom stereocenters. The average molecular weight is 342 g/mol. The third-order valence-corrected chi connectivity index (χ3v) is 5.64. The fraction of sp³-hybridized carbons (Fsp3) is 0.591. The maximum atomic E-state index is 4.41. The lowest BCUT2D eigenvalue weighted by Crippen LogP contribution is -2.43. The molecule has 2 aliphatic rings. The second kappa shape index (κ2) is 9.19. The van der Waals surface area contributed by atoms with Crippen LogP contribution in [0.5, 0.6) is 0 Å². The smallest absolute Gasteiger partial charge is 0.0302 e. The molecule has 0 bridgehead atoms. The number of piperidine rings is 1. The molecule has 0 spiro atoms. The Labute approximate surface area is 154 Å². The van der Waals surface area contributed by atoms with Crippen molar-refractivity contribution in [1.29, 1.82) is 0 Å². The summed E-state index contributed by atoms with van der Waals surface area (Å²) in [6.07, 6.45) is 14.6. The van der Waals surface area contributed by atoms with Gasteiger partial charge < -0.3 is 9.80 Å². The van der Waals surface area contributed by atoms with Crippen LogP contribution in [0.2, 0.25) is 0 Å². The highest BCUT2D eigenvalue weighted by atomic mass is 15.2. The van der Waals surface area contributed by atoms with Gasteiger partial charge >= 0.3 is 0 Å². The van der Waals surface area contributed by atoms with Gasteiger partial charge in [0.2, 0.25) is 0 Å². The van der Waals surface area contributed by atoms with E-state index in [4.69, 9.17) is 0 Å². The van der Waals surface area contributed by atoms with Gasteiger partial charge in [-0.3, -0.25) is 4.99 Å². The number of rotatable bonds is 7. The van der Waals surface area contributed by atoms with Crippen molar-refractivity contribution in [2.24, 2.45) is 10.4 Å². The van der Waals surface area contributed by atoms with E-state index in [1.165, 1.54) is 42.8 Å². The van der Waals surface area contributed by atoms with Crippen LogP contribution in [0.1, 0.15) is 46.5 Å². The first-order valence-corrected chi connectivity index (χ1v) is 9.61. The predicted molar refractivity (Wildman–Crippen MR) is 110 cm³/mol. The lowest BCUT2D eigenvalue weighted by molar-refractivity contribution is 0.101. The molecule has 0 aromatic rings. The fourth-order valence-corrected chi connectivity index (χ4v) is 3.56. The molecule has 0 aromatic heterocycles. The molecule has 0 amide bonds. The van der Waals surface area contributed by atoms with Crippen molar-refractivity contribution in [3.05, 3.63) is 47.9 Å². The molecule has 0 N–H and O–H groups in total. The van der Waals surface area contributed by atoms with Crippen molar-refractivity contribution < 1.29 is 0 Å². The first-order chi connectivity index (χ1) is 11.9. The predicted octanol–water partition coefficient (Wildman–Crippen LogP) is 4.80. The molecule has 0 aliphatic carbocycles. The second-order valence-electron chi connectivity index (χ2n) is 7.88. The number of nitrogens with zero attached hydrogens (tertiary/aromatic N) is 3. The summed E-state index contributed by atoms with van der Waals surface area (Å²) in [4.78, 5) is 9.29. The molecule has 3 nitrogen and oxygen atoms in total. The van der Waals surface area contributed by atoms with Crippen molar-refractivity contribution in [3.63, 3.8) is 0 Å². The molecular weight excluding hydrogens is 306 g/mol. The quantitative estimate of drug-likeness (QED) is 0.662. The minimum atomic E-state index is 0.413. The monoisotopic (exact) mass is 341 g/mol. The highest BCUT2D eigenvalue weighted by Crippen LogP contribution is 2.33. The molecule has 0 saturated carbocycles. The Morgan fingerprint density at radius 2 is 2.04 bits per heavy atom. The zero-order valence-corrected chi connectivity index (χ0v) is 16.6. The Morgan fingerprint density at radius 1 is 1.32 bits per heavy atom. The molecule has 3 heteroatoms. The highest BCUT2D eigenvalue weighted by Gasteiger charge is 2.30. The molecule has 2 rings (SSSR count). The van der Waals surface area contributed by atoms with Gasteiger partial charge in [-0.05, 0) is 82.3 Å². The molecule has 2 heterocycles. The maximum Gasteiger partial charge on any atom is 0.0302 e. The molecular formula is C22H35N3. The Balaban J connectivity index is 1.91. The number of likely N-dealkylation sites (tertiary alicyclic amines) is 1. The molecule has 0 radical (unpaired) electrons. The summed E-state index contributed by atoms with van der Waals surface area (Å²) in [6, 6.07) is 0. The molecule has 0 unspecified atom stereocenters. The standard InChI is InChI=1S/C22H35N3/c1-6-25(18-22(4)12-15-24(5)16-13-22)20(3)10-11-21-17-23-14-8-7-9-19(21)2/h7-9,14,17H,3,6,10-13,15-16,18H2,1-2,4-5H3/b8-7-,9-7?,14-8?,19-9+,21-17+,21-19?,23-14-,23-17?. The molecule has 1 fully saturated rings. The van der Waals surface area contributed by atoms with E-state index in [-0.39, 0.29) is 0 Å². The second-order valence-corrected chi connectivity index (χ2v) is 7.88. The summed E-state index contributed by atoms with van der Waals surface area (Å²) >= 11 is 0. The van der Waals surface area contributed by atoms with Crippen LogP contribution in [0.15, 0.2) is 52.8 Å². The van der Waals surface area contributed by atoms with E-state index >= 15 is 0 Å². The third-order valence-electron chi connectivity index (χ3n) is 5.64. The Morgan fingerprint density at radius 3 is 2.72 bits per heavy atom. The third kappa shape index (κ3) is 6.00. The summed E-state index contributed by atoms with van der Waals surface area (Å²) in [5.41, 5.74) is 4.28. The van der Waals surface area contributed by atoms with Gasteiger partial charge in [0.15, 0.2) is 0 Å². The molecule has 138 valence electrons. The molecule has 0 aromatic carbocycles. The first-order valence-electron chi connectivity index (χ1n) is 9.61. The Hall–Kier alpha value is -1.61. The summed E-state index contributed by atoms with van der Waals surface area (Å²) in [7, 11) is 2.23. The number of aliphatic imine (C=N–C) groups is 1. The van der Waals surface area contributed by atoms with E-state index < -0.39 is 0 Å². The van der Waals surface area contributed by atoms with Gasteiger partial charge in [-0.25, -0.2) is 0 Å². The van der Waals surface area contributed by atoms with Crippen LogP contribution in [-0.2, 0) is 0 Å². The van der Waals surface area contributed by atoms with E-state index in [0.717, 1.165) is 25.9 Å². The van der Waals surface area contributed by atoms with Gasteiger partial charge in [0.05, 0.1) is 0 Å². The molecule has 1 saturated heterocycles. The molecule has 25 heavy (non-hydrogen) atoms. The van der Waals surface area contributed by atoms with Gasteiger partial charge in [-0.1, -0.05) is 25.7 Å². The van der Waals surface area contributed by atoms with E-state index in [9.17, 15) is 0 Å². The lowest BCUT2D eigenvalue weighted by atomic mass is 9.80. The van der Waals surface area contributed by atoms with Crippen molar-refractivity contribution in [3.8, 4) is 0 Å². The minimum Gasteiger partial charge on any atom is -0.375 e. The first kappa shape index (κ1) is 19.7. The van der Waals surface area contributed by atoms with Crippen LogP contribution in [0.3, 0.4) is 0 Å². The summed E-state index contributed by atoms with van der Waals surface area (Å²) in [5, 5.41) is 0. The van der Waals surface area contributed by atoms with Crippen LogP contribution in [0.4, 0.5) is 0 Å². The minimum absolute atomic E-state index is 0.413. The highest BCUT2D eigenvalue weighted by molar-refractivity contribution is 5.72. The lowest BCUT2D eigenvalue weighted by Gasteiger charge is -2.42. The number of hydrogen-bond acceptors (Lipinski definition) is 3. The average Bonchev–Trinajstić information content (AvgIpc) is 2.58. The van der Waals surface area contributed by atoms with Crippen molar-refractivity contribution in [2.75, 3.05) is 33.2 Å². The largest absolute Gasteiger partial charge is 0.375 e. The fourth-order valence-electron chi connectivity index (χ4n) is 3.56. The number of hydrogen-bond donors (Lipinski definition) is 0. The normalized spacial score (nSPS) is 27.2. The zero-order valence-electron chi connectivity index (χ0n) is 16.6. The van der Waals surface area contributed by atoms with E-state index in [2.05, 4.69) is 61.3 Å². The Kier molecular flexibility index (Phi) is 7.24. The summed E-state index contributed by atoms with van der Waals surface area (Å²) in [5.74, 6) is 0. The zero-order chi connectivity index (χ0) is 18.3. The topological polar surface area (TPSA) is 18.8 Å². The van der Waals surface area contributed by atoms with Gasteiger partial charge in [0.1, 0.15) is 0 Å². The van der Waals surface area contributed by atoms with Crippen LogP contribution in [0.25, 0.3) is 0 Å². The van der Waals surface area contributed by atoms with Crippen LogP contribution in [-0.4, -0.2) is 49.2 Å². The van der Waals surface area contributed by atoms with Crippen LogP contribution in [0, 0.1) is 5.41 Å². The van der Waals surface area contributed by atoms with E-state index in [0.29, 0.717) is 5.41 Å². The van der Waals surface area contributed by atoms with Crippen molar-refractivity contribution in [1.82, 2.24) is 9.80 Å². The maximum absolute atomic E-state index is 4.41. The van der Waals surface area contributed by atoms with Gasteiger partial charge in [-0.15, -0.1) is 0 Å². The van der Waals surface area contributed by atoms with E-state index in [1.54, 1.807) is 0 Å². The van der Waals surface area contributed by atoms with Crippen molar-refractivity contribution in [2.45, 2.75) is 46.5 Å². The van der Waals surface area contributed by atoms with Gasteiger partial charge in [0.25, 0.3) is 0 Å². The number of allylic oxidation sites excluding steroid dienone is 6. The van der Waals surface area contributed by atoms with Crippen molar-refractivity contribution >= 4 is 6.21 Å². The SMILES string of the molecule is C=C(CCC1=C\N=C/C=C\C=C\1C)N(CC)CC1(C)CCN(C)CC1. The van der Waals surface area contributed by atoms with E-state index in [1.807, 2.05) is 18.5 Å². The van der Waals surface area contributed by atoms with Gasteiger partial charge in [-0.2, -0.15) is 0 Å².